The minimum absolute atomic E-state index is 0.445. The normalized spacial score (nSPS) is 17.5. The van der Waals surface area contributed by atoms with E-state index in [4.69, 9.17) is 0 Å². The van der Waals surface area contributed by atoms with Crippen LogP contribution in [0.2, 0.25) is 0 Å². The van der Waals surface area contributed by atoms with Crippen molar-refractivity contribution in [3.63, 3.8) is 0 Å². The molecule has 2 rings (SSSR count). The van der Waals surface area contributed by atoms with E-state index in [0.29, 0.717) is 5.41 Å². The number of hydrogen-bond donors (Lipinski definition) is 1. The van der Waals surface area contributed by atoms with E-state index in [1.54, 1.807) is 0 Å². The van der Waals surface area contributed by atoms with Crippen LogP contribution in [0.15, 0.2) is 18.3 Å². The maximum Gasteiger partial charge on any atom is 0.0562 e. The maximum atomic E-state index is 4.44. The second kappa shape index (κ2) is 6.57. The van der Waals surface area contributed by atoms with Crippen molar-refractivity contribution in [1.29, 1.82) is 0 Å². The molecule has 2 heterocycles. The van der Waals surface area contributed by atoms with E-state index in [1.165, 1.54) is 31.6 Å². The van der Waals surface area contributed by atoms with E-state index in [-0.39, 0.29) is 0 Å². The van der Waals surface area contributed by atoms with Gasteiger partial charge in [0.1, 0.15) is 0 Å². The van der Waals surface area contributed by atoms with Gasteiger partial charge in [0.25, 0.3) is 0 Å². The van der Waals surface area contributed by atoms with E-state index >= 15 is 0 Å². The Balaban J connectivity index is 1.96. The predicted molar refractivity (Wildman–Crippen MR) is 86.0 cm³/mol. The van der Waals surface area contributed by atoms with E-state index in [2.05, 4.69) is 55.0 Å². The average molecular weight is 275 g/mol. The van der Waals surface area contributed by atoms with Gasteiger partial charge in [0.15, 0.2) is 0 Å². The first-order valence-corrected chi connectivity index (χ1v) is 7.91. The molecule has 0 unspecified atom stereocenters. The first-order valence-electron chi connectivity index (χ1n) is 7.91. The molecule has 1 aromatic heterocycles. The standard InChI is InChI=1S/C17H29N3/c1-5-18-13-15-12-16(6-9-19-15)20-10-7-14(8-11-20)17(2,3)4/h6,9,12,14,18H,5,7-8,10-11,13H2,1-4H3. The molecule has 0 radical (unpaired) electrons. The summed E-state index contributed by atoms with van der Waals surface area (Å²) >= 11 is 0. The zero-order chi connectivity index (χ0) is 14.6. The molecule has 112 valence electrons. The highest BCUT2D eigenvalue weighted by Gasteiger charge is 2.28. The van der Waals surface area contributed by atoms with Gasteiger partial charge in [0, 0.05) is 31.5 Å². The van der Waals surface area contributed by atoms with Crippen molar-refractivity contribution in [1.82, 2.24) is 10.3 Å². The largest absolute Gasteiger partial charge is 0.371 e. The van der Waals surface area contributed by atoms with Crippen LogP contribution >= 0.6 is 0 Å². The van der Waals surface area contributed by atoms with Gasteiger partial charge in [0.05, 0.1) is 5.69 Å². The Morgan fingerprint density at radius 3 is 2.60 bits per heavy atom. The summed E-state index contributed by atoms with van der Waals surface area (Å²) in [5.74, 6) is 0.849. The molecule has 0 spiro atoms. The van der Waals surface area contributed by atoms with Crippen molar-refractivity contribution < 1.29 is 0 Å². The summed E-state index contributed by atoms with van der Waals surface area (Å²) in [4.78, 5) is 6.95. The molecule has 1 aliphatic rings. The summed E-state index contributed by atoms with van der Waals surface area (Å²) in [6.07, 6.45) is 4.54. The molecule has 1 N–H and O–H groups in total. The van der Waals surface area contributed by atoms with Crippen LogP contribution in [0, 0.1) is 11.3 Å². The molecule has 0 atom stereocenters. The Bertz CT molecular complexity index is 414. The third-order valence-corrected chi connectivity index (χ3v) is 4.44. The van der Waals surface area contributed by atoms with Gasteiger partial charge in [0.2, 0.25) is 0 Å². The van der Waals surface area contributed by atoms with Crippen LogP contribution in [0.3, 0.4) is 0 Å². The highest BCUT2D eigenvalue weighted by Crippen LogP contribution is 2.35. The molecule has 1 saturated heterocycles. The minimum Gasteiger partial charge on any atom is -0.371 e. The quantitative estimate of drug-likeness (QED) is 0.912. The molecule has 0 bridgehead atoms. The molecule has 0 saturated carbocycles. The number of nitrogens with zero attached hydrogens (tertiary/aromatic N) is 2. The van der Waals surface area contributed by atoms with Gasteiger partial charge in [-0.2, -0.15) is 0 Å². The van der Waals surface area contributed by atoms with Crippen LogP contribution in [0.25, 0.3) is 0 Å². The lowest BCUT2D eigenvalue weighted by Crippen LogP contribution is -2.38. The second-order valence-corrected chi connectivity index (χ2v) is 6.91. The molecular formula is C17H29N3. The van der Waals surface area contributed by atoms with E-state index in [9.17, 15) is 0 Å². The number of anilines is 1. The van der Waals surface area contributed by atoms with Gasteiger partial charge in [-0.05, 0) is 42.9 Å². The highest BCUT2D eigenvalue weighted by molar-refractivity contribution is 5.46. The van der Waals surface area contributed by atoms with Crippen molar-refractivity contribution in [2.24, 2.45) is 11.3 Å². The number of pyridine rings is 1. The number of piperidine rings is 1. The predicted octanol–water partition coefficient (Wildman–Crippen LogP) is 3.45. The fourth-order valence-electron chi connectivity index (χ4n) is 3.02. The summed E-state index contributed by atoms with van der Waals surface area (Å²) in [5, 5.41) is 3.34. The smallest absolute Gasteiger partial charge is 0.0562 e. The molecule has 0 aromatic carbocycles. The van der Waals surface area contributed by atoms with Crippen LogP contribution in [0.5, 0.6) is 0 Å². The average Bonchev–Trinajstić information content (AvgIpc) is 2.45. The summed E-state index contributed by atoms with van der Waals surface area (Å²) < 4.78 is 0. The lowest BCUT2D eigenvalue weighted by molar-refractivity contribution is 0.199. The van der Waals surface area contributed by atoms with Crippen molar-refractivity contribution in [3.8, 4) is 0 Å². The number of aromatic nitrogens is 1. The van der Waals surface area contributed by atoms with Crippen LogP contribution in [0.4, 0.5) is 5.69 Å². The molecular weight excluding hydrogens is 246 g/mol. The van der Waals surface area contributed by atoms with E-state index in [0.717, 1.165) is 24.7 Å². The minimum atomic E-state index is 0.445. The van der Waals surface area contributed by atoms with Crippen LogP contribution < -0.4 is 10.2 Å². The van der Waals surface area contributed by atoms with Crippen molar-refractivity contribution in [2.75, 3.05) is 24.5 Å². The number of hydrogen-bond acceptors (Lipinski definition) is 3. The van der Waals surface area contributed by atoms with Gasteiger partial charge in [-0.15, -0.1) is 0 Å². The van der Waals surface area contributed by atoms with Crippen molar-refractivity contribution in [2.45, 2.75) is 47.1 Å². The first-order chi connectivity index (χ1) is 9.50. The SMILES string of the molecule is CCNCc1cc(N2CCC(C(C)(C)C)CC2)ccn1. The highest BCUT2D eigenvalue weighted by atomic mass is 15.1. The van der Waals surface area contributed by atoms with Crippen LogP contribution in [-0.2, 0) is 6.54 Å². The molecule has 20 heavy (non-hydrogen) atoms. The Kier molecular flexibility index (Phi) is 5.03. The lowest BCUT2D eigenvalue weighted by Gasteiger charge is -2.39. The molecule has 1 aromatic rings. The maximum absolute atomic E-state index is 4.44. The third-order valence-electron chi connectivity index (χ3n) is 4.44. The Labute approximate surface area is 123 Å². The summed E-state index contributed by atoms with van der Waals surface area (Å²) in [7, 11) is 0. The molecule has 0 aliphatic carbocycles. The fraction of sp³-hybridized carbons (Fsp3) is 0.706. The van der Waals surface area contributed by atoms with Crippen molar-refractivity contribution >= 4 is 5.69 Å². The molecule has 0 amide bonds. The number of rotatable bonds is 4. The van der Waals surface area contributed by atoms with E-state index in [1.807, 2.05) is 6.20 Å². The van der Waals surface area contributed by atoms with Crippen LogP contribution in [-0.4, -0.2) is 24.6 Å². The Morgan fingerprint density at radius 1 is 1.30 bits per heavy atom. The summed E-state index contributed by atoms with van der Waals surface area (Å²) in [6, 6.07) is 4.38. The molecule has 1 fully saturated rings. The first kappa shape index (κ1) is 15.3. The fourth-order valence-corrected chi connectivity index (χ4v) is 3.02. The van der Waals surface area contributed by atoms with Gasteiger partial charge < -0.3 is 10.2 Å². The van der Waals surface area contributed by atoms with Gasteiger partial charge in [-0.25, -0.2) is 0 Å². The van der Waals surface area contributed by atoms with Crippen LogP contribution in [0.1, 0.15) is 46.2 Å². The number of nitrogens with one attached hydrogen (secondary N) is 1. The summed E-state index contributed by atoms with van der Waals surface area (Å²) in [6.45, 7) is 13.4. The summed E-state index contributed by atoms with van der Waals surface area (Å²) in [5.41, 5.74) is 2.92. The molecule has 3 nitrogen and oxygen atoms in total. The lowest BCUT2D eigenvalue weighted by atomic mass is 9.75. The Morgan fingerprint density at radius 2 is 2.00 bits per heavy atom. The second-order valence-electron chi connectivity index (χ2n) is 6.91. The molecule has 3 heteroatoms. The molecule has 1 aliphatic heterocycles. The van der Waals surface area contributed by atoms with E-state index < -0.39 is 0 Å². The van der Waals surface area contributed by atoms with Gasteiger partial charge >= 0.3 is 0 Å². The van der Waals surface area contributed by atoms with Gasteiger partial charge in [-0.1, -0.05) is 27.7 Å². The monoisotopic (exact) mass is 275 g/mol. The zero-order valence-electron chi connectivity index (χ0n) is 13.4. The Hall–Kier alpha value is -1.09. The third kappa shape index (κ3) is 3.95. The van der Waals surface area contributed by atoms with Gasteiger partial charge in [-0.3, -0.25) is 4.98 Å². The van der Waals surface area contributed by atoms with Crippen molar-refractivity contribution in [3.05, 3.63) is 24.0 Å². The topological polar surface area (TPSA) is 28.2 Å². The zero-order valence-corrected chi connectivity index (χ0v) is 13.4.